The van der Waals surface area contributed by atoms with Gasteiger partial charge in [0, 0.05) is 30.5 Å². The lowest BCUT2D eigenvalue weighted by atomic mass is 10.0. The normalized spacial score (nSPS) is 15.4. The van der Waals surface area contributed by atoms with Gasteiger partial charge in [0.25, 0.3) is 0 Å². The molecule has 1 aliphatic rings. The van der Waals surface area contributed by atoms with E-state index < -0.39 is 0 Å². The first kappa shape index (κ1) is 19.5. The lowest BCUT2D eigenvalue weighted by Crippen LogP contribution is -2.50. The number of aryl methyl sites for hydroxylation is 1. The molecular formula is C21H27N3O2S. The fourth-order valence-corrected chi connectivity index (χ4v) is 4.16. The first-order valence-electron chi connectivity index (χ1n) is 9.54. The number of rotatable bonds is 7. The van der Waals surface area contributed by atoms with E-state index in [0.717, 1.165) is 29.1 Å². The minimum Gasteiger partial charge on any atom is -0.354 e. The summed E-state index contributed by atoms with van der Waals surface area (Å²) in [5.74, 6) is 0.152. The third-order valence-corrected chi connectivity index (χ3v) is 5.70. The molecule has 1 aromatic carbocycles. The number of carbonyl (C=O) groups excluding carboxylic acids is 2. The highest BCUT2D eigenvalue weighted by Crippen LogP contribution is 2.22. The predicted molar refractivity (Wildman–Crippen MR) is 109 cm³/mol. The number of amides is 2. The van der Waals surface area contributed by atoms with Gasteiger partial charge in [-0.2, -0.15) is 0 Å². The van der Waals surface area contributed by atoms with Gasteiger partial charge >= 0.3 is 0 Å². The van der Waals surface area contributed by atoms with E-state index in [-0.39, 0.29) is 23.8 Å². The minimum atomic E-state index is -0.365. The molecule has 0 saturated carbocycles. The van der Waals surface area contributed by atoms with Crippen molar-refractivity contribution in [2.45, 2.75) is 46.1 Å². The number of aromatic nitrogens is 1. The molecule has 6 heteroatoms. The SMILES string of the molecule is Cc1nc(-c2ccc(CCNC(=O)C(C(C)C)N3CCCC3=O)cc2)cs1. The summed E-state index contributed by atoms with van der Waals surface area (Å²) in [5.41, 5.74) is 3.29. The van der Waals surface area contributed by atoms with Gasteiger partial charge in [0.2, 0.25) is 11.8 Å². The highest BCUT2D eigenvalue weighted by Gasteiger charge is 2.34. The Balaban J connectivity index is 1.54. The summed E-state index contributed by atoms with van der Waals surface area (Å²) in [5, 5.41) is 6.14. The molecule has 1 N–H and O–H groups in total. The highest BCUT2D eigenvalue weighted by molar-refractivity contribution is 7.09. The molecule has 3 rings (SSSR count). The lowest BCUT2D eigenvalue weighted by Gasteiger charge is -2.29. The van der Waals surface area contributed by atoms with Crippen LogP contribution in [-0.2, 0) is 16.0 Å². The average molecular weight is 386 g/mol. The van der Waals surface area contributed by atoms with Gasteiger partial charge in [-0.3, -0.25) is 9.59 Å². The molecule has 2 aromatic rings. The van der Waals surface area contributed by atoms with Crippen LogP contribution in [0.3, 0.4) is 0 Å². The molecule has 27 heavy (non-hydrogen) atoms. The summed E-state index contributed by atoms with van der Waals surface area (Å²) in [6.07, 6.45) is 2.17. The van der Waals surface area contributed by atoms with Crippen LogP contribution in [0.2, 0.25) is 0 Å². The molecule has 1 aromatic heterocycles. The molecule has 5 nitrogen and oxygen atoms in total. The maximum absolute atomic E-state index is 12.6. The van der Waals surface area contributed by atoms with Crippen molar-refractivity contribution in [2.24, 2.45) is 5.92 Å². The van der Waals surface area contributed by atoms with Gasteiger partial charge < -0.3 is 10.2 Å². The molecule has 1 saturated heterocycles. The number of nitrogens with one attached hydrogen (secondary N) is 1. The van der Waals surface area contributed by atoms with E-state index in [1.54, 1.807) is 16.2 Å². The smallest absolute Gasteiger partial charge is 0.243 e. The van der Waals surface area contributed by atoms with Gasteiger partial charge in [-0.05, 0) is 31.2 Å². The monoisotopic (exact) mass is 385 g/mol. The lowest BCUT2D eigenvalue weighted by molar-refractivity contribution is -0.139. The van der Waals surface area contributed by atoms with Crippen LogP contribution in [-0.4, -0.2) is 40.8 Å². The molecular weight excluding hydrogens is 358 g/mol. The van der Waals surface area contributed by atoms with Crippen molar-refractivity contribution in [1.29, 1.82) is 0 Å². The fourth-order valence-electron chi connectivity index (χ4n) is 3.54. The Morgan fingerprint density at radius 2 is 2.04 bits per heavy atom. The summed E-state index contributed by atoms with van der Waals surface area (Å²) >= 11 is 1.65. The number of thiazole rings is 1. The van der Waals surface area contributed by atoms with Crippen LogP contribution in [0.25, 0.3) is 11.3 Å². The van der Waals surface area contributed by atoms with Gasteiger partial charge in [-0.15, -0.1) is 11.3 Å². The van der Waals surface area contributed by atoms with E-state index >= 15 is 0 Å². The topological polar surface area (TPSA) is 62.3 Å². The van der Waals surface area contributed by atoms with Crippen molar-refractivity contribution in [3.05, 3.63) is 40.2 Å². The molecule has 1 unspecified atom stereocenters. The van der Waals surface area contributed by atoms with E-state index in [1.165, 1.54) is 5.56 Å². The summed E-state index contributed by atoms with van der Waals surface area (Å²) in [7, 11) is 0. The van der Waals surface area contributed by atoms with Crippen LogP contribution in [0.5, 0.6) is 0 Å². The molecule has 1 fully saturated rings. The van der Waals surface area contributed by atoms with Gasteiger partial charge in [0.15, 0.2) is 0 Å². The average Bonchev–Trinajstić information content (AvgIpc) is 3.24. The van der Waals surface area contributed by atoms with Crippen LogP contribution in [0, 0.1) is 12.8 Å². The Morgan fingerprint density at radius 3 is 2.59 bits per heavy atom. The Labute approximate surface area is 164 Å². The van der Waals surface area contributed by atoms with E-state index in [0.29, 0.717) is 19.5 Å². The largest absolute Gasteiger partial charge is 0.354 e. The van der Waals surface area contributed by atoms with Crippen LogP contribution in [0.1, 0.15) is 37.3 Å². The zero-order chi connectivity index (χ0) is 19.4. The van der Waals surface area contributed by atoms with Crippen LogP contribution in [0.15, 0.2) is 29.6 Å². The third-order valence-electron chi connectivity index (χ3n) is 4.93. The van der Waals surface area contributed by atoms with Crippen molar-refractivity contribution >= 4 is 23.2 Å². The van der Waals surface area contributed by atoms with Crippen molar-refractivity contribution in [1.82, 2.24) is 15.2 Å². The Morgan fingerprint density at radius 1 is 1.30 bits per heavy atom. The standard InChI is InChI=1S/C21H27N3O2S/c1-14(2)20(24-12-4-5-19(24)25)21(26)22-11-10-16-6-8-17(9-7-16)18-13-27-15(3)23-18/h6-9,13-14,20H,4-5,10-12H2,1-3H3,(H,22,26). The molecule has 0 radical (unpaired) electrons. The van der Waals surface area contributed by atoms with Crippen LogP contribution < -0.4 is 5.32 Å². The van der Waals surface area contributed by atoms with E-state index in [2.05, 4.69) is 39.9 Å². The zero-order valence-corrected chi connectivity index (χ0v) is 17.0. The molecule has 0 bridgehead atoms. The maximum atomic E-state index is 12.6. The Hall–Kier alpha value is -2.21. The summed E-state index contributed by atoms with van der Waals surface area (Å²) in [4.78, 5) is 30.9. The number of benzene rings is 1. The number of hydrogen-bond acceptors (Lipinski definition) is 4. The molecule has 2 heterocycles. The van der Waals surface area contributed by atoms with E-state index in [9.17, 15) is 9.59 Å². The molecule has 1 aliphatic heterocycles. The van der Waals surface area contributed by atoms with Crippen molar-refractivity contribution in [3.8, 4) is 11.3 Å². The van der Waals surface area contributed by atoms with E-state index in [4.69, 9.17) is 0 Å². The Kier molecular flexibility index (Phi) is 6.26. The minimum absolute atomic E-state index is 0.0465. The molecule has 1 atom stereocenters. The van der Waals surface area contributed by atoms with Crippen LogP contribution >= 0.6 is 11.3 Å². The first-order valence-corrected chi connectivity index (χ1v) is 10.4. The van der Waals surface area contributed by atoms with Gasteiger partial charge in [0.1, 0.15) is 6.04 Å². The second-order valence-corrected chi connectivity index (χ2v) is 8.43. The fraction of sp³-hybridized carbons (Fsp3) is 0.476. The molecule has 2 amide bonds. The van der Waals surface area contributed by atoms with E-state index in [1.807, 2.05) is 20.8 Å². The first-order chi connectivity index (χ1) is 13.0. The summed E-state index contributed by atoms with van der Waals surface area (Å²) in [6.45, 7) is 7.25. The number of nitrogens with zero attached hydrogens (tertiary/aromatic N) is 2. The molecule has 144 valence electrons. The number of hydrogen-bond donors (Lipinski definition) is 1. The molecule has 0 aliphatic carbocycles. The number of carbonyl (C=O) groups is 2. The van der Waals surface area contributed by atoms with Gasteiger partial charge in [-0.25, -0.2) is 4.98 Å². The third kappa shape index (κ3) is 4.75. The van der Waals surface area contributed by atoms with Crippen molar-refractivity contribution in [2.75, 3.05) is 13.1 Å². The Bertz CT molecular complexity index is 798. The second-order valence-electron chi connectivity index (χ2n) is 7.37. The predicted octanol–water partition coefficient (Wildman–Crippen LogP) is 3.42. The zero-order valence-electron chi connectivity index (χ0n) is 16.2. The summed E-state index contributed by atoms with van der Waals surface area (Å²) < 4.78 is 0. The maximum Gasteiger partial charge on any atom is 0.243 e. The van der Waals surface area contributed by atoms with Gasteiger partial charge in [0.05, 0.1) is 10.7 Å². The second kappa shape index (κ2) is 8.65. The quantitative estimate of drug-likeness (QED) is 0.794. The summed E-state index contributed by atoms with van der Waals surface area (Å²) in [6, 6.07) is 7.95. The number of likely N-dealkylation sites (tertiary alicyclic amines) is 1. The van der Waals surface area contributed by atoms with Crippen LogP contribution in [0.4, 0.5) is 0 Å². The van der Waals surface area contributed by atoms with Crippen molar-refractivity contribution in [3.63, 3.8) is 0 Å². The van der Waals surface area contributed by atoms with Crippen molar-refractivity contribution < 1.29 is 9.59 Å². The molecule has 0 spiro atoms. The highest BCUT2D eigenvalue weighted by atomic mass is 32.1. The van der Waals surface area contributed by atoms with Gasteiger partial charge in [-0.1, -0.05) is 38.1 Å².